The molecule has 0 aliphatic carbocycles. The molecule has 0 aliphatic heterocycles. The third-order valence-electron chi connectivity index (χ3n) is 4.17. The second-order valence-corrected chi connectivity index (χ2v) is 6.15. The van der Waals surface area contributed by atoms with Crippen LogP contribution in [0, 0.1) is 5.82 Å². The summed E-state index contributed by atoms with van der Waals surface area (Å²) in [5, 5.41) is 3.13. The Morgan fingerprint density at radius 1 is 1.12 bits per heavy atom. The normalized spacial score (nSPS) is 10.9. The van der Waals surface area contributed by atoms with E-state index in [0.717, 1.165) is 25.2 Å². The van der Waals surface area contributed by atoms with Gasteiger partial charge in [-0.1, -0.05) is 35.9 Å². The van der Waals surface area contributed by atoms with Crippen LogP contribution in [0.2, 0.25) is 5.02 Å². The number of hydrogen-bond acceptors (Lipinski definition) is 1. The SMILES string of the molecule is CC[NH+](CC)Cc1ccccc1CNC(=O)c1cc(Cl)ccc1F. The van der Waals surface area contributed by atoms with E-state index in [1.807, 2.05) is 18.2 Å². The molecule has 0 unspecified atom stereocenters. The van der Waals surface area contributed by atoms with Crippen LogP contribution in [0.4, 0.5) is 4.39 Å². The highest BCUT2D eigenvalue weighted by molar-refractivity contribution is 6.31. The number of quaternary nitrogens is 1. The molecule has 0 bridgehead atoms. The molecule has 0 saturated carbocycles. The van der Waals surface area contributed by atoms with E-state index in [1.165, 1.54) is 28.7 Å². The first-order valence-corrected chi connectivity index (χ1v) is 8.56. The van der Waals surface area contributed by atoms with Crippen LogP contribution in [0.25, 0.3) is 0 Å². The van der Waals surface area contributed by atoms with Crippen LogP contribution >= 0.6 is 11.6 Å². The summed E-state index contributed by atoms with van der Waals surface area (Å²) in [6.07, 6.45) is 0. The van der Waals surface area contributed by atoms with Crippen molar-refractivity contribution in [2.75, 3.05) is 13.1 Å². The van der Waals surface area contributed by atoms with Crippen LogP contribution in [0.1, 0.15) is 35.3 Å². The molecule has 0 radical (unpaired) electrons. The van der Waals surface area contributed by atoms with Crippen molar-refractivity contribution in [3.63, 3.8) is 0 Å². The Bertz CT molecular complexity index is 702. The number of hydrogen-bond donors (Lipinski definition) is 2. The Balaban J connectivity index is 2.09. The van der Waals surface area contributed by atoms with Crippen molar-refractivity contribution in [2.45, 2.75) is 26.9 Å². The van der Waals surface area contributed by atoms with Crippen LogP contribution in [-0.2, 0) is 13.1 Å². The summed E-state index contributed by atoms with van der Waals surface area (Å²) in [5.74, 6) is -1.03. The second kappa shape index (κ2) is 8.81. The average Bonchev–Trinajstić information content (AvgIpc) is 2.60. The van der Waals surface area contributed by atoms with E-state index < -0.39 is 11.7 Å². The van der Waals surface area contributed by atoms with Crippen LogP contribution in [-0.4, -0.2) is 19.0 Å². The minimum absolute atomic E-state index is 0.0330. The lowest BCUT2D eigenvalue weighted by Gasteiger charge is -2.18. The summed E-state index contributed by atoms with van der Waals surface area (Å²) in [7, 11) is 0. The minimum Gasteiger partial charge on any atom is -0.348 e. The molecular formula is C19H23ClFN2O+. The van der Waals surface area contributed by atoms with Gasteiger partial charge in [0.2, 0.25) is 0 Å². The fraction of sp³-hybridized carbons (Fsp3) is 0.316. The van der Waals surface area contributed by atoms with Crippen LogP contribution in [0.5, 0.6) is 0 Å². The number of carbonyl (C=O) groups is 1. The van der Waals surface area contributed by atoms with Crippen molar-refractivity contribution in [1.29, 1.82) is 0 Å². The van der Waals surface area contributed by atoms with Gasteiger partial charge in [0.15, 0.2) is 0 Å². The lowest BCUT2D eigenvalue weighted by molar-refractivity contribution is -0.910. The van der Waals surface area contributed by atoms with E-state index in [1.54, 1.807) is 0 Å². The maximum atomic E-state index is 13.8. The van der Waals surface area contributed by atoms with Crippen LogP contribution < -0.4 is 10.2 Å². The molecule has 0 heterocycles. The third-order valence-corrected chi connectivity index (χ3v) is 4.41. The van der Waals surface area contributed by atoms with E-state index in [9.17, 15) is 9.18 Å². The largest absolute Gasteiger partial charge is 0.348 e. The molecular weight excluding hydrogens is 327 g/mol. The maximum absolute atomic E-state index is 13.8. The van der Waals surface area contributed by atoms with Gasteiger partial charge in [0.25, 0.3) is 5.91 Å². The molecule has 24 heavy (non-hydrogen) atoms. The Labute approximate surface area is 147 Å². The van der Waals surface area contributed by atoms with Gasteiger partial charge in [-0.05, 0) is 37.6 Å². The van der Waals surface area contributed by atoms with E-state index in [0.29, 0.717) is 11.6 Å². The summed E-state index contributed by atoms with van der Waals surface area (Å²) < 4.78 is 13.8. The van der Waals surface area contributed by atoms with Crippen LogP contribution in [0.3, 0.4) is 0 Å². The van der Waals surface area contributed by atoms with E-state index >= 15 is 0 Å². The average molecular weight is 350 g/mol. The quantitative estimate of drug-likeness (QED) is 0.791. The Morgan fingerprint density at radius 2 is 1.79 bits per heavy atom. The fourth-order valence-corrected chi connectivity index (χ4v) is 2.79. The van der Waals surface area contributed by atoms with Gasteiger partial charge < -0.3 is 10.2 Å². The molecule has 0 aromatic heterocycles. The number of rotatable bonds is 7. The highest BCUT2D eigenvalue weighted by atomic mass is 35.5. The smallest absolute Gasteiger partial charge is 0.254 e. The van der Waals surface area contributed by atoms with Gasteiger partial charge in [-0.3, -0.25) is 4.79 Å². The Kier molecular flexibility index (Phi) is 6.76. The van der Waals surface area contributed by atoms with Crippen molar-refractivity contribution in [3.05, 3.63) is 70.0 Å². The molecule has 0 atom stereocenters. The van der Waals surface area contributed by atoms with Crippen molar-refractivity contribution in [1.82, 2.24) is 5.32 Å². The number of nitrogens with one attached hydrogen (secondary N) is 2. The maximum Gasteiger partial charge on any atom is 0.254 e. The second-order valence-electron chi connectivity index (χ2n) is 5.71. The number of amides is 1. The summed E-state index contributed by atoms with van der Waals surface area (Å²) in [5.41, 5.74) is 2.21. The predicted octanol–water partition coefficient (Wildman–Crippen LogP) is 2.83. The topological polar surface area (TPSA) is 33.5 Å². The number of halogens is 2. The first-order chi connectivity index (χ1) is 11.5. The Morgan fingerprint density at radius 3 is 2.46 bits per heavy atom. The van der Waals surface area contributed by atoms with Crippen molar-refractivity contribution in [3.8, 4) is 0 Å². The van der Waals surface area contributed by atoms with Gasteiger partial charge in [0.1, 0.15) is 12.4 Å². The lowest BCUT2D eigenvalue weighted by Crippen LogP contribution is -3.10. The van der Waals surface area contributed by atoms with Crippen molar-refractivity contribution >= 4 is 17.5 Å². The molecule has 0 fully saturated rings. The van der Waals surface area contributed by atoms with E-state index in [-0.39, 0.29) is 5.56 Å². The molecule has 3 nitrogen and oxygen atoms in total. The zero-order valence-electron chi connectivity index (χ0n) is 14.0. The first-order valence-electron chi connectivity index (χ1n) is 8.18. The van der Waals surface area contributed by atoms with Gasteiger partial charge >= 0.3 is 0 Å². The molecule has 2 aromatic rings. The van der Waals surface area contributed by atoms with Gasteiger partial charge in [-0.2, -0.15) is 0 Å². The molecule has 128 valence electrons. The highest BCUT2D eigenvalue weighted by Gasteiger charge is 2.14. The number of benzene rings is 2. The molecule has 0 saturated heterocycles. The molecule has 0 spiro atoms. The van der Waals surface area contributed by atoms with Gasteiger partial charge in [-0.25, -0.2) is 4.39 Å². The van der Waals surface area contributed by atoms with Crippen molar-refractivity contribution < 1.29 is 14.1 Å². The zero-order valence-corrected chi connectivity index (χ0v) is 14.8. The molecule has 0 aliphatic rings. The standard InChI is InChI=1S/C19H22ClFN2O/c1-3-23(4-2)13-15-8-6-5-7-14(15)12-22-19(24)17-11-16(20)9-10-18(17)21/h5-11H,3-4,12-13H2,1-2H3,(H,22,24)/p+1. The molecule has 2 rings (SSSR count). The summed E-state index contributed by atoms with van der Waals surface area (Å²) in [6, 6.07) is 12.0. The molecule has 2 aromatic carbocycles. The summed E-state index contributed by atoms with van der Waals surface area (Å²) >= 11 is 5.84. The highest BCUT2D eigenvalue weighted by Crippen LogP contribution is 2.15. The fourth-order valence-electron chi connectivity index (χ4n) is 2.61. The number of carbonyl (C=O) groups excluding carboxylic acids is 1. The predicted molar refractivity (Wildman–Crippen MR) is 94.8 cm³/mol. The van der Waals surface area contributed by atoms with E-state index in [2.05, 4.69) is 25.2 Å². The molecule has 2 N–H and O–H groups in total. The van der Waals surface area contributed by atoms with E-state index in [4.69, 9.17) is 11.6 Å². The summed E-state index contributed by atoms with van der Waals surface area (Å²) in [6.45, 7) is 7.68. The third kappa shape index (κ3) is 4.79. The molecule has 1 amide bonds. The molecule has 5 heteroatoms. The van der Waals surface area contributed by atoms with Crippen LogP contribution in [0.15, 0.2) is 42.5 Å². The van der Waals surface area contributed by atoms with Gasteiger partial charge in [0, 0.05) is 17.1 Å². The van der Waals surface area contributed by atoms with Crippen molar-refractivity contribution in [2.24, 2.45) is 0 Å². The lowest BCUT2D eigenvalue weighted by atomic mass is 10.1. The van der Waals surface area contributed by atoms with Gasteiger partial charge in [0.05, 0.1) is 18.7 Å². The van der Waals surface area contributed by atoms with Gasteiger partial charge in [-0.15, -0.1) is 0 Å². The zero-order chi connectivity index (χ0) is 17.5. The minimum atomic E-state index is -0.572. The monoisotopic (exact) mass is 349 g/mol. The summed E-state index contributed by atoms with van der Waals surface area (Å²) in [4.78, 5) is 13.7. The first kappa shape index (κ1) is 18.4. The Hall–Kier alpha value is -1.91.